The van der Waals surface area contributed by atoms with Crippen molar-refractivity contribution < 1.29 is 4.79 Å². The zero-order valence-corrected chi connectivity index (χ0v) is 12.1. The van der Waals surface area contributed by atoms with Crippen LogP contribution in [0.3, 0.4) is 0 Å². The maximum absolute atomic E-state index is 12.3. The summed E-state index contributed by atoms with van der Waals surface area (Å²) in [6, 6.07) is 12.6. The zero-order chi connectivity index (χ0) is 13.8. The van der Waals surface area contributed by atoms with Crippen molar-refractivity contribution in [3.63, 3.8) is 0 Å². The molecule has 0 aliphatic heterocycles. The second kappa shape index (κ2) is 6.23. The van der Waals surface area contributed by atoms with E-state index in [1.165, 1.54) is 5.56 Å². The molecule has 2 rings (SSSR count). The Morgan fingerprint density at radius 1 is 0.947 bits per heavy atom. The molecule has 0 saturated heterocycles. The van der Waals surface area contributed by atoms with Crippen LogP contribution in [-0.2, 0) is 6.42 Å². The molecule has 2 aromatic carbocycles. The Morgan fingerprint density at radius 2 is 1.53 bits per heavy atom. The second-order valence-electron chi connectivity index (χ2n) is 4.43. The van der Waals surface area contributed by atoms with Crippen LogP contribution in [0.4, 0.5) is 0 Å². The zero-order valence-electron chi connectivity index (χ0n) is 10.6. The van der Waals surface area contributed by atoms with Crippen molar-refractivity contribution in [2.75, 3.05) is 0 Å². The number of hydrogen-bond acceptors (Lipinski definition) is 1. The number of halogens is 2. The fourth-order valence-electron chi connectivity index (χ4n) is 1.96. The van der Waals surface area contributed by atoms with Crippen LogP contribution >= 0.6 is 23.2 Å². The summed E-state index contributed by atoms with van der Waals surface area (Å²) in [6.45, 7) is 2.13. The van der Waals surface area contributed by atoms with Gasteiger partial charge in [0.05, 0.1) is 0 Å². The Balaban J connectivity index is 2.28. The Bertz CT molecular complexity index is 568. The first kappa shape index (κ1) is 14.1. The lowest BCUT2D eigenvalue weighted by atomic mass is 10.0. The predicted molar refractivity (Wildman–Crippen MR) is 80.3 cm³/mol. The molecule has 3 heteroatoms. The van der Waals surface area contributed by atoms with Crippen LogP contribution in [0.25, 0.3) is 0 Å². The number of carbonyl (C=O) groups excluding carboxylic acids is 1. The summed E-state index contributed by atoms with van der Waals surface area (Å²) >= 11 is 11.8. The van der Waals surface area contributed by atoms with E-state index in [-0.39, 0.29) is 5.78 Å². The van der Waals surface area contributed by atoms with Gasteiger partial charge < -0.3 is 0 Å². The van der Waals surface area contributed by atoms with Gasteiger partial charge in [-0.05, 0) is 30.2 Å². The van der Waals surface area contributed by atoms with Gasteiger partial charge >= 0.3 is 0 Å². The molecule has 0 N–H and O–H groups in total. The average Bonchev–Trinajstić information content (AvgIpc) is 2.38. The molecule has 19 heavy (non-hydrogen) atoms. The molecule has 0 saturated carbocycles. The van der Waals surface area contributed by atoms with E-state index in [0.29, 0.717) is 21.2 Å². The smallest absolute Gasteiger partial charge is 0.193 e. The van der Waals surface area contributed by atoms with Gasteiger partial charge in [-0.15, -0.1) is 0 Å². The van der Waals surface area contributed by atoms with Crippen LogP contribution < -0.4 is 0 Å². The summed E-state index contributed by atoms with van der Waals surface area (Å²) < 4.78 is 0. The monoisotopic (exact) mass is 292 g/mol. The van der Waals surface area contributed by atoms with Crippen molar-refractivity contribution in [1.82, 2.24) is 0 Å². The lowest BCUT2D eigenvalue weighted by Crippen LogP contribution is -2.01. The largest absolute Gasteiger partial charge is 0.289 e. The quantitative estimate of drug-likeness (QED) is 0.710. The van der Waals surface area contributed by atoms with Crippen LogP contribution in [0.2, 0.25) is 10.0 Å². The highest BCUT2D eigenvalue weighted by atomic mass is 35.5. The molecule has 1 nitrogen and oxygen atoms in total. The fraction of sp³-hybridized carbons (Fsp3) is 0.188. The highest BCUT2D eigenvalue weighted by molar-refractivity contribution is 6.35. The van der Waals surface area contributed by atoms with Gasteiger partial charge in [-0.2, -0.15) is 0 Å². The number of hydrogen-bond donors (Lipinski definition) is 0. The van der Waals surface area contributed by atoms with Crippen molar-refractivity contribution in [3.05, 3.63) is 69.2 Å². The summed E-state index contributed by atoms with van der Waals surface area (Å²) in [4.78, 5) is 12.3. The Kier molecular flexibility index (Phi) is 4.62. The SMILES string of the molecule is CCCc1ccc(C(=O)c2cc(Cl)cc(Cl)c2)cc1. The summed E-state index contributed by atoms with van der Waals surface area (Å²) in [5.41, 5.74) is 2.40. The number of rotatable bonds is 4. The van der Waals surface area contributed by atoms with Gasteiger partial charge in [0, 0.05) is 21.2 Å². The second-order valence-corrected chi connectivity index (χ2v) is 5.31. The summed E-state index contributed by atoms with van der Waals surface area (Å²) in [7, 11) is 0. The van der Waals surface area contributed by atoms with Crippen molar-refractivity contribution in [2.24, 2.45) is 0 Å². The Morgan fingerprint density at radius 3 is 2.05 bits per heavy atom. The number of aryl methyl sites for hydroxylation is 1. The minimum absolute atomic E-state index is 0.0625. The average molecular weight is 293 g/mol. The lowest BCUT2D eigenvalue weighted by Gasteiger charge is -2.04. The molecule has 0 heterocycles. The van der Waals surface area contributed by atoms with E-state index in [9.17, 15) is 4.79 Å². The van der Waals surface area contributed by atoms with Crippen LogP contribution in [-0.4, -0.2) is 5.78 Å². The highest BCUT2D eigenvalue weighted by Gasteiger charge is 2.10. The maximum Gasteiger partial charge on any atom is 0.193 e. The van der Waals surface area contributed by atoms with Gasteiger partial charge in [0.1, 0.15) is 0 Å². The van der Waals surface area contributed by atoms with Crippen molar-refractivity contribution >= 4 is 29.0 Å². The molecule has 0 amide bonds. The fourth-order valence-corrected chi connectivity index (χ4v) is 2.49. The van der Waals surface area contributed by atoms with Crippen LogP contribution in [0, 0.1) is 0 Å². The summed E-state index contributed by atoms with van der Waals surface area (Å²) in [5.74, 6) is -0.0625. The van der Waals surface area contributed by atoms with Crippen LogP contribution in [0.15, 0.2) is 42.5 Å². The van der Waals surface area contributed by atoms with Gasteiger partial charge in [0.15, 0.2) is 5.78 Å². The van der Waals surface area contributed by atoms with Crippen molar-refractivity contribution in [3.8, 4) is 0 Å². The molecule has 0 aliphatic rings. The first-order valence-electron chi connectivity index (χ1n) is 6.20. The first-order chi connectivity index (χ1) is 9.10. The van der Waals surface area contributed by atoms with E-state index in [4.69, 9.17) is 23.2 Å². The molecule has 0 bridgehead atoms. The predicted octanol–water partition coefficient (Wildman–Crippen LogP) is 5.18. The van der Waals surface area contributed by atoms with E-state index >= 15 is 0 Å². The van der Waals surface area contributed by atoms with Gasteiger partial charge in [0.25, 0.3) is 0 Å². The molecule has 0 aliphatic carbocycles. The van der Waals surface area contributed by atoms with E-state index in [2.05, 4.69) is 6.92 Å². The number of carbonyl (C=O) groups is 1. The summed E-state index contributed by atoms with van der Waals surface area (Å²) in [5, 5.41) is 0.942. The molecular formula is C16H14Cl2O. The Hall–Kier alpha value is -1.31. The van der Waals surface area contributed by atoms with E-state index in [1.807, 2.05) is 24.3 Å². The van der Waals surface area contributed by atoms with Crippen LogP contribution in [0.5, 0.6) is 0 Å². The molecular weight excluding hydrogens is 279 g/mol. The van der Waals surface area contributed by atoms with E-state index in [1.54, 1.807) is 18.2 Å². The molecule has 0 fully saturated rings. The van der Waals surface area contributed by atoms with Crippen LogP contribution in [0.1, 0.15) is 34.8 Å². The third kappa shape index (κ3) is 3.59. The highest BCUT2D eigenvalue weighted by Crippen LogP contribution is 2.21. The molecule has 0 radical (unpaired) electrons. The number of benzene rings is 2. The van der Waals surface area contributed by atoms with Gasteiger partial charge in [-0.25, -0.2) is 0 Å². The van der Waals surface area contributed by atoms with Gasteiger partial charge in [-0.3, -0.25) is 4.79 Å². The van der Waals surface area contributed by atoms with E-state index < -0.39 is 0 Å². The molecule has 2 aromatic rings. The van der Waals surface area contributed by atoms with Crippen molar-refractivity contribution in [1.29, 1.82) is 0 Å². The minimum atomic E-state index is -0.0625. The molecule has 0 atom stereocenters. The first-order valence-corrected chi connectivity index (χ1v) is 6.95. The molecule has 98 valence electrons. The molecule has 0 unspecified atom stereocenters. The third-order valence-electron chi connectivity index (χ3n) is 2.88. The summed E-state index contributed by atoms with van der Waals surface area (Å²) in [6.07, 6.45) is 2.12. The maximum atomic E-state index is 12.3. The lowest BCUT2D eigenvalue weighted by molar-refractivity contribution is 0.103. The van der Waals surface area contributed by atoms with Crippen molar-refractivity contribution in [2.45, 2.75) is 19.8 Å². The molecule has 0 aromatic heterocycles. The number of ketones is 1. The van der Waals surface area contributed by atoms with Gasteiger partial charge in [-0.1, -0.05) is 60.8 Å². The molecule has 0 spiro atoms. The van der Waals surface area contributed by atoms with E-state index in [0.717, 1.165) is 12.8 Å². The minimum Gasteiger partial charge on any atom is -0.289 e. The normalized spacial score (nSPS) is 10.5. The standard InChI is InChI=1S/C16H14Cl2O/c1-2-3-11-4-6-12(7-5-11)16(19)13-8-14(17)10-15(18)9-13/h4-10H,2-3H2,1H3. The van der Waals surface area contributed by atoms with Gasteiger partial charge in [0.2, 0.25) is 0 Å². The topological polar surface area (TPSA) is 17.1 Å². The third-order valence-corrected chi connectivity index (χ3v) is 3.32. The Labute approximate surface area is 123 Å².